The van der Waals surface area contributed by atoms with Crippen LogP contribution in [0.3, 0.4) is 0 Å². The van der Waals surface area contributed by atoms with Crippen LogP contribution >= 0.6 is 0 Å². The van der Waals surface area contributed by atoms with E-state index in [9.17, 15) is 9.59 Å². The molecule has 0 spiro atoms. The molecule has 1 heterocycles. The molecule has 0 saturated carbocycles. The van der Waals surface area contributed by atoms with Gasteiger partial charge in [0.05, 0.1) is 19.9 Å². The topological polar surface area (TPSA) is 79.9 Å². The van der Waals surface area contributed by atoms with Crippen LogP contribution in [0.25, 0.3) is 0 Å². The van der Waals surface area contributed by atoms with E-state index in [1.54, 1.807) is 12.1 Å². The van der Waals surface area contributed by atoms with Crippen LogP contribution in [0.4, 0.5) is 5.69 Å². The lowest BCUT2D eigenvalue weighted by Crippen LogP contribution is -2.46. The fourth-order valence-electron chi connectivity index (χ4n) is 2.95. The number of carbonyl (C=O) groups is 2. The van der Waals surface area contributed by atoms with Crippen molar-refractivity contribution in [2.45, 2.75) is 25.8 Å². The molecule has 0 radical (unpaired) electrons. The van der Waals surface area contributed by atoms with Gasteiger partial charge in [-0.3, -0.25) is 9.59 Å². The zero-order valence-corrected chi connectivity index (χ0v) is 14.6. The lowest BCUT2D eigenvalue weighted by atomic mass is 10.0. The number of amides is 2. The lowest BCUT2D eigenvalue weighted by molar-refractivity contribution is -0.114. The average Bonchev–Trinajstić information content (AvgIpc) is 2.59. The van der Waals surface area contributed by atoms with Crippen LogP contribution in [0.1, 0.15) is 30.1 Å². The Morgan fingerprint density at radius 2 is 2.00 bits per heavy atom. The summed E-state index contributed by atoms with van der Waals surface area (Å²) in [6, 6.07) is 3.58. The minimum Gasteiger partial charge on any atom is -0.493 e. The summed E-state index contributed by atoms with van der Waals surface area (Å²) in [5, 5.41) is 5.91. The highest BCUT2D eigenvalue weighted by Gasteiger charge is 2.25. The van der Waals surface area contributed by atoms with Gasteiger partial charge in [0.15, 0.2) is 11.5 Å². The molecular formula is C17H25N3O4. The molecule has 1 aromatic rings. The number of methoxy groups -OCH3 is 2. The van der Waals surface area contributed by atoms with Crippen molar-refractivity contribution in [2.24, 2.45) is 0 Å². The summed E-state index contributed by atoms with van der Waals surface area (Å²) < 4.78 is 10.6. The monoisotopic (exact) mass is 335 g/mol. The van der Waals surface area contributed by atoms with Crippen molar-refractivity contribution >= 4 is 17.5 Å². The van der Waals surface area contributed by atoms with Crippen molar-refractivity contribution in [1.29, 1.82) is 0 Å². The van der Waals surface area contributed by atoms with E-state index >= 15 is 0 Å². The summed E-state index contributed by atoms with van der Waals surface area (Å²) in [7, 11) is 4.90. The van der Waals surface area contributed by atoms with Gasteiger partial charge >= 0.3 is 0 Å². The number of anilines is 1. The standard InChI is InChI=1S/C17H25N3O4/c1-11(21)19-14-8-12(9-15(23-3)16(14)24-4)17(22)20-7-5-6-13(10-20)18-2/h8-9,13,18H,5-7,10H2,1-4H3,(H,19,21). The predicted molar refractivity (Wildman–Crippen MR) is 91.8 cm³/mol. The number of piperidine rings is 1. The fourth-order valence-corrected chi connectivity index (χ4v) is 2.95. The van der Waals surface area contributed by atoms with Crippen LogP contribution in [-0.2, 0) is 4.79 Å². The van der Waals surface area contributed by atoms with Crippen LogP contribution < -0.4 is 20.1 Å². The van der Waals surface area contributed by atoms with E-state index in [0.29, 0.717) is 35.3 Å². The maximum atomic E-state index is 12.9. The number of rotatable bonds is 5. The third kappa shape index (κ3) is 3.97. The maximum Gasteiger partial charge on any atom is 0.254 e. The number of benzene rings is 1. The normalized spacial score (nSPS) is 17.3. The summed E-state index contributed by atoms with van der Waals surface area (Å²) >= 11 is 0. The molecule has 2 N–H and O–H groups in total. The summed E-state index contributed by atoms with van der Waals surface area (Å²) in [4.78, 5) is 26.1. The van der Waals surface area contributed by atoms with Gasteiger partial charge in [0, 0.05) is 31.6 Å². The Morgan fingerprint density at radius 1 is 1.25 bits per heavy atom. The molecule has 1 aromatic carbocycles. The van der Waals surface area contributed by atoms with Crippen molar-refractivity contribution < 1.29 is 19.1 Å². The van der Waals surface area contributed by atoms with E-state index in [0.717, 1.165) is 19.4 Å². The fraction of sp³-hybridized carbons (Fsp3) is 0.529. The second-order valence-corrected chi connectivity index (χ2v) is 5.82. The second kappa shape index (κ2) is 8.01. The minimum absolute atomic E-state index is 0.0810. The number of carbonyl (C=O) groups excluding carboxylic acids is 2. The van der Waals surface area contributed by atoms with Gasteiger partial charge in [-0.1, -0.05) is 0 Å². The van der Waals surface area contributed by atoms with Crippen molar-refractivity contribution in [3.8, 4) is 11.5 Å². The Balaban J connectivity index is 2.34. The number of hydrogen-bond donors (Lipinski definition) is 2. The van der Waals surface area contributed by atoms with E-state index in [4.69, 9.17) is 9.47 Å². The molecule has 1 unspecified atom stereocenters. The highest BCUT2D eigenvalue weighted by Crippen LogP contribution is 2.37. The number of likely N-dealkylation sites (N-methyl/N-ethyl adjacent to an activating group) is 1. The molecule has 2 rings (SSSR count). The molecule has 0 aromatic heterocycles. The highest BCUT2D eigenvalue weighted by atomic mass is 16.5. The molecule has 7 heteroatoms. The van der Waals surface area contributed by atoms with Gasteiger partial charge in [-0.25, -0.2) is 0 Å². The number of nitrogens with zero attached hydrogens (tertiary/aromatic N) is 1. The van der Waals surface area contributed by atoms with Crippen molar-refractivity contribution in [1.82, 2.24) is 10.2 Å². The minimum atomic E-state index is -0.242. The van der Waals surface area contributed by atoms with Crippen LogP contribution in [0, 0.1) is 0 Å². The molecule has 0 aliphatic carbocycles. The van der Waals surface area contributed by atoms with Gasteiger partial charge in [0.1, 0.15) is 0 Å². The average molecular weight is 335 g/mol. The van der Waals surface area contributed by atoms with Crippen LogP contribution in [0.5, 0.6) is 11.5 Å². The van der Waals surface area contributed by atoms with E-state index in [1.807, 2.05) is 11.9 Å². The highest BCUT2D eigenvalue weighted by molar-refractivity contribution is 5.99. The Morgan fingerprint density at radius 3 is 2.58 bits per heavy atom. The molecule has 7 nitrogen and oxygen atoms in total. The Hall–Kier alpha value is -2.28. The second-order valence-electron chi connectivity index (χ2n) is 5.82. The van der Waals surface area contributed by atoms with Gasteiger partial charge in [-0.2, -0.15) is 0 Å². The van der Waals surface area contributed by atoms with Gasteiger partial charge in [0.2, 0.25) is 5.91 Å². The largest absolute Gasteiger partial charge is 0.493 e. The zero-order chi connectivity index (χ0) is 17.7. The molecule has 1 saturated heterocycles. The molecule has 1 atom stereocenters. The SMILES string of the molecule is CNC1CCCN(C(=O)c2cc(NC(C)=O)c(OC)c(OC)c2)C1. The molecule has 1 aliphatic rings. The third-order valence-corrected chi connectivity index (χ3v) is 4.15. The lowest BCUT2D eigenvalue weighted by Gasteiger charge is -2.32. The number of nitrogens with one attached hydrogen (secondary N) is 2. The first-order valence-corrected chi connectivity index (χ1v) is 8.00. The molecule has 1 fully saturated rings. The summed E-state index contributed by atoms with van der Waals surface area (Å²) in [6.45, 7) is 2.79. The van der Waals surface area contributed by atoms with Gasteiger partial charge in [-0.15, -0.1) is 0 Å². The number of ether oxygens (including phenoxy) is 2. The Bertz CT molecular complexity index is 618. The summed E-state index contributed by atoms with van der Waals surface area (Å²) in [5.74, 6) is 0.487. The van der Waals surface area contributed by atoms with Gasteiger partial charge < -0.3 is 25.0 Å². The van der Waals surface area contributed by atoms with Crippen LogP contribution in [0.15, 0.2) is 12.1 Å². The van der Waals surface area contributed by atoms with Crippen molar-refractivity contribution in [2.75, 3.05) is 39.7 Å². The molecule has 0 bridgehead atoms. The molecule has 1 aliphatic heterocycles. The van der Waals surface area contributed by atoms with Crippen LogP contribution in [-0.4, -0.2) is 57.1 Å². The van der Waals surface area contributed by atoms with E-state index in [2.05, 4.69) is 10.6 Å². The quantitative estimate of drug-likeness (QED) is 0.852. The zero-order valence-electron chi connectivity index (χ0n) is 14.6. The number of hydrogen-bond acceptors (Lipinski definition) is 5. The first-order valence-electron chi connectivity index (χ1n) is 8.00. The Labute approximate surface area is 142 Å². The predicted octanol–water partition coefficient (Wildman–Crippen LogP) is 1.49. The molecular weight excluding hydrogens is 310 g/mol. The summed E-state index contributed by atoms with van der Waals surface area (Å²) in [6.07, 6.45) is 2.02. The molecule has 2 amide bonds. The van der Waals surface area contributed by atoms with Crippen molar-refractivity contribution in [3.63, 3.8) is 0 Å². The van der Waals surface area contributed by atoms with E-state index in [1.165, 1.54) is 21.1 Å². The first kappa shape index (κ1) is 18.1. The molecule has 24 heavy (non-hydrogen) atoms. The van der Waals surface area contributed by atoms with Crippen LogP contribution in [0.2, 0.25) is 0 Å². The number of likely N-dealkylation sites (tertiary alicyclic amines) is 1. The smallest absolute Gasteiger partial charge is 0.254 e. The van der Waals surface area contributed by atoms with E-state index < -0.39 is 0 Å². The van der Waals surface area contributed by atoms with Gasteiger partial charge in [0.25, 0.3) is 5.91 Å². The third-order valence-electron chi connectivity index (χ3n) is 4.15. The Kier molecular flexibility index (Phi) is 6.03. The van der Waals surface area contributed by atoms with E-state index in [-0.39, 0.29) is 11.8 Å². The first-order chi connectivity index (χ1) is 11.5. The summed E-state index contributed by atoms with van der Waals surface area (Å²) in [5.41, 5.74) is 0.892. The molecule has 132 valence electrons. The maximum absolute atomic E-state index is 12.9. The van der Waals surface area contributed by atoms with Gasteiger partial charge in [-0.05, 0) is 32.0 Å². The van der Waals surface area contributed by atoms with Crippen molar-refractivity contribution in [3.05, 3.63) is 17.7 Å².